The third kappa shape index (κ3) is 2.61. The summed E-state index contributed by atoms with van der Waals surface area (Å²) in [4.78, 5) is 4.31. The zero-order valence-corrected chi connectivity index (χ0v) is 10.7. The fraction of sp³-hybridized carbons (Fsp3) is 0.583. The molecular formula is C12H19N3S. The standard InChI is InChI=1S/C12H19N3S/c1-8-5-12(14-7-11(8)13)15-9-3-4-10(6-9)16-2/h5,7,9-10H,3-4,6,13H2,1-2H3,(H,14,15). The van der Waals surface area contributed by atoms with E-state index >= 15 is 0 Å². The summed E-state index contributed by atoms with van der Waals surface area (Å²) in [6.45, 7) is 2.02. The molecule has 1 aromatic rings. The molecule has 0 amide bonds. The molecule has 2 unspecified atom stereocenters. The Morgan fingerprint density at radius 1 is 1.50 bits per heavy atom. The van der Waals surface area contributed by atoms with E-state index in [1.54, 1.807) is 6.20 Å². The first-order chi connectivity index (χ1) is 7.69. The molecule has 3 nitrogen and oxygen atoms in total. The van der Waals surface area contributed by atoms with Crippen LogP contribution in [0.3, 0.4) is 0 Å². The van der Waals surface area contributed by atoms with Gasteiger partial charge in [-0.25, -0.2) is 4.98 Å². The van der Waals surface area contributed by atoms with Crippen molar-refractivity contribution in [3.05, 3.63) is 17.8 Å². The first kappa shape index (κ1) is 11.6. The largest absolute Gasteiger partial charge is 0.397 e. The number of hydrogen-bond donors (Lipinski definition) is 2. The number of nitrogen functional groups attached to an aromatic ring is 1. The van der Waals surface area contributed by atoms with Gasteiger partial charge < -0.3 is 11.1 Å². The smallest absolute Gasteiger partial charge is 0.126 e. The van der Waals surface area contributed by atoms with Crippen molar-refractivity contribution in [3.63, 3.8) is 0 Å². The molecule has 0 aliphatic heterocycles. The van der Waals surface area contributed by atoms with E-state index in [0.717, 1.165) is 22.3 Å². The number of rotatable bonds is 3. The third-order valence-electron chi connectivity index (χ3n) is 3.22. The van der Waals surface area contributed by atoms with E-state index in [1.807, 2.05) is 24.8 Å². The Labute approximate surface area is 101 Å². The number of hydrogen-bond acceptors (Lipinski definition) is 4. The van der Waals surface area contributed by atoms with Gasteiger partial charge >= 0.3 is 0 Å². The first-order valence-corrected chi connectivity index (χ1v) is 6.99. The van der Waals surface area contributed by atoms with Gasteiger partial charge in [0.25, 0.3) is 0 Å². The lowest BCUT2D eigenvalue weighted by molar-refractivity contribution is 0.752. The molecule has 0 spiro atoms. The zero-order chi connectivity index (χ0) is 11.5. The second-order valence-corrected chi connectivity index (χ2v) is 5.58. The molecule has 0 aromatic carbocycles. The number of pyridine rings is 1. The van der Waals surface area contributed by atoms with Crippen molar-refractivity contribution in [3.8, 4) is 0 Å². The van der Waals surface area contributed by atoms with Crippen LogP contribution >= 0.6 is 11.8 Å². The van der Waals surface area contributed by atoms with Gasteiger partial charge in [0.05, 0.1) is 11.9 Å². The lowest BCUT2D eigenvalue weighted by Gasteiger charge is -2.14. The molecule has 1 aliphatic carbocycles. The van der Waals surface area contributed by atoms with Crippen LogP contribution in [-0.4, -0.2) is 22.5 Å². The molecule has 1 heterocycles. The summed E-state index contributed by atoms with van der Waals surface area (Å²) in [5.41, 5.74) is 7.60. The van der Waals surface area contributed by atoms with Gasteiger partial charge in [-0.2, -0.15) is 11.8 Å². The molecular weight excluding hydrogens is 218 g/mol. The predicted octanol–water partition coefficient (Wildman–Crippen LogP) is 2.67. The maximum atomic E-state index is 5.75. The maximum absolute atomic E-state index is 5.75. The van der Waals surface area contributed by atoms with Crippen LogP contribution in [0.4, 0.5) is 11.5 Å². The van der Waals surface area contributed by atoms with Gasteiger partial charge in [0.1, 0.15) is 5.82 Å². The van der Waals surface area contributed by atoms with Gasteiger partial charge in [-0.1, -0.05) is 0 Å². The Hall–Kier alpha value is -0.900. The maximum Gasteiger partial charge on any atom is 0.126 e. The van der Waals surface area contributed by atoms with Gasteiger partial charge in [0, 0.05) is 11.3 Å². The molecule has 1 fully saturated rings. The SMILES string of the molecule is CSC1CCC(Nc2cc(C)c(N)cn2)C1. The molecule has 1 aromatic heterocycles. The highest BCUT2D eigenvalue weighted by molar-refractivity contribution is 7.99. The fourth-order valence-corrected chi connectivity index (χ4v) is 2.94. The van der Waals surface area contributed by atoms with Crippen LogP contribution in [0, 0.1) is 6.92 Å². The second-order valence-electron chi connectivity index (χ2n) is 4.44. The van der Waals surface area contributed by atoms with Gasteiger partial charge in [0.2, 0.25) is 0 Å². The Bertz CT molecular complexity index is 367. The topological polar surface area (TPSA) is 50.9 Å². The highest BCUT2D eigenvalue weighted by Gasteiger charge is 2.23. The van der Waals surface area contributed by atoms with E-state index < -0.39 is 0 Å². The summed E-state index contributed by atoms with van der Waals surface area (Å²) in [6.07, 6.45) is 7.73. The van der Waals surface area contributed by atoms with E-state index in [4.69, 9.17) is 5.73 Å². The molecule has 0 radical (unpaired) electrons. The van der Waals surface area contributed by atoms with Crippen molar-refractivity contribution in [2.24, 2.45) is 0 Å². The van der Waals surface area contributed by atoms with Crippen LogP contribution in [-0.2, 0) is 0 Å². The molecule has 0 bridgehead atoms. The van der Waals surface area contributed by atoms with E-state index in [-0.39, 0.29) is 0 Å². The van der Waals surface area contributed by atoms with Gasteiger partial charge in [-0.15, -0.1) is 0 Å². The van der Waals surface area contributed by atoms with Crippen LogP contribution in [0.5, 0.6) is 0 Å². The summed E-state index contributed by atoms with van der Waals surface area (Å²) < 4.78 is 0. The molecule has 0 saturated heterocycles. The van der Waals surface area contributed by atoms with E-state index in [2.05, 4.69) is 16.6 Å². The molecule has 3 N–H and O–H groups in total. The minimum Gasteiger partial charge on any atom is -0.397 e. The average Bonchev–Trinajstić information content (AvgIpc) is 2.71. The van der Waals surface area contributed by atoms with Crippen molar-refractivity contribution in [2.75, 3.05) is 17.3 Å². The molecule has 1 aliphatic rings. The van der Waals surface area contributed by atoms with Crippen molar-refractivity contribution in [1.29, 1.82) is 0 Å². The monoisotopic (exact) mass is 237 g/mol. The second kappa shape index (κ2) is 4.95. The number of aromatic nitrogens is 1. The summed E-state index contributed by atoms with van der Waals surface area (Å²) >= 11 is 1.97. The quantitative estimate of drug-likeness (QED) is 0.848. The van der Waals surface area contributed by atoms with Crippen LogP contribution in [0.1, 0.15) is 24.8 Å². The summed E-state index contributed by atoms with van der Waals surface area (Å²) in [6, 6.07) is 2.61. The number of nitrogens with two attached hydrogens (primary N) is 1. The van der Waals surface area contributed by atoms with Crippen molar-refractivity contribution < 1.29 is 0 Å². The number of nitrogens with one attached hydrogen (secondary N) is 1. The van der Waals surface area contributed by atoms with E-state index in [1.165, 1.54) is 19.3 Å². The van der Waals surface area contributed by atoms with Crippen molar-refractivity contribution >= 4 is 23.3 Å². The molecule has 2 atom stereocenters. The molecule has 88 valence electrons. The number of anilines is 2. The minimum atomic E-state index is 0.577. The summed E-state index contributed by atoms with van der Waals surface area (Å²) in [5, 5.41) is 4.31. The summed E-state index contributed by atoms with van der Waals surface area (Å²) in [7, 11) is 0. The van der Waals surface area contributed by atoms with Crippen molar-refractivity contribution in [1.82, 2.24) is 4.98 Å². The average molecular weight is 237 g/mol. The normalized spacial score (nSPS) is 24.6. The van der Waals surface area contributed by atoms with Gasteiger partial charge in [-0.05, 0) is 44.1 Å². The number of thioether (sulfide) groups is 1. The van der Waals surface area contributed by atoms with E-state index in [0.29, 0.717) is 6.04 Å². The van der Waals surface area contributed by atoms with Crippen molar-refractivity contribution in [2.45, 2.75) is 37.5 Å². The Balaban J connectivity index is 1.97. The third-order valence-corrected chi connectivity index (χ3v) is 4.32. The van der Waals surface area contributed by atoms with Crippen LogP contribution < -0.4 is 11.1 Å². The molecule has 4 heteroatoms. The molecule has 2 rings (SSSR count). The number of nitrogens with zero attached hydrogens (tertiary/aromatic N) is 1. The predicted molar refractivity (Wildman–Crippen MR) is 72.0 cm³/mol. The van der Waals surface area contributed by atoms with E-state index in [9.17, 15) is 0 Å². The summed E-state index contributed by atoms with van der Waals surface area (Å²) in [5.74, 6) is 0.957. The zero-order valence-electron chi connectivity index (χ0n) is 9.86. The van der Waals surface area contributed by atoms with Crippen LogP contribution in [0.2, 0.25) is 0 Å². The minimum absolute atomic E-state index is 0.577. The molecule has 16 heavy (non-hydrogen) atoms. The Morgan fingerprint density at radius 2 is 2.31 bits per heavy atom. The van der Waals surface area contributed by atoms with Crippen LogP contribution in [0.25, 0.3) is 0 Å². The first-order valence-electron chi connectivity index (χ1n) is 5.70. The lowest BCUT2D eigenvalue weighted by Crippen LogP contribution is -2.17. The van der Waals surface area contributed by atoms with Gasteiger partial charge in [-0.3, -0.25) is 0 Å². The number of aryl methyl sites for hydroxylation is 1. The molecule has 1 saturated carbocycles. The fourth-order valence-electron chi connectivity index (χ4n) is 2.14. The highest BCUT2D eigenvalue weighted by atomic mass is 32.2. The Kier molecular flexibility index (Phi) is 3.59. The van der Waals surface area contributed by atoms with Crippen LogP contribution in [0.15, 0.2) is 12.3 Å². The highest BCUT2D eigenvalue weighted by Crippen LogP contribution is 2.30. The lowest BCUT2D eigenvalue weighted by atomic mass is 10.2. The Morgan fingerprint density at radius 3 is 2.94 bits per heavy atom. The van der Waals surface area contributed by atoms with Gasteiger partial charge in [0.15, 0.2) is 0 Å².